The molecule has 0 radical (unpaired) electrons. The van der Waals surface area contributed by atoms with Crippen LogP contribution in [0.4, 0.5) is 0 Å². The molecule has 0 aliphatic heterocycles. The molecule has 5 nitrogen and oxygen atoms in total. The standard InChI is InChI=1S/C8H14BrN3O2S/c1-7(4-9)12(3)15(13,14)8-5-11(2)6-10-8/h5-7H,4H2,1-3H3. The molecule has 0 saturated heterocycles. The monoisotopic (exact) mass is 295 g/mol. The Balaban J connectivity index is 3.03. The lowest BCUT2D eigenvalue weighted by Crippen LogP contribution is -2.36. The Labute approximate surface area is 98.3 Å². The van der Waals surface area contributed by atoms with Gasteiger partial charge in [0.15, 0.2) is 5.03 Å². The van der Waals surface area contributed by atoms with Crippen molar-refractivity contribution < 1.29 is 8.42 Å². The summed E-state index contributed by atoms with van der Waals surface area (Å²) < 4.78 is 26.9. The number of imidazole rings is 1. The Kier molecular flexibility index (Phi) is 3.91. The Morgan fingerprint density at radius 2 is 2.27 bits per heavy atom. The van der Waals surface area contributed by atoms with Crippen LogP contribution in [0.5, 0.6) is 0 Å². The summed E-state index contributed by atoms with van der Waals surface area (Å²) >= 11 is 3.25. The summed E-state index contributed by atoms with van der Waals surface area (Å²) in [5, 5.41) is 0.676. The fourth-order valence-corrected chi connectivity index (χ4v) is 2.95. The molecule has 0 saturated carbocycles. The third kappa shape index (κ3) is 2.59. The topological polar surface area (TPSA) is 55.2 Å². The summed E-state index contributed by atoms with van der Waals surface area (Å²) in [5.74, 6) is 0. The number of rotatable bonds is 4. The second kappa shape index (κ2) is 4.63. The second-order valence-corrected chi connectivity index (χ2v) is 5.99. The van der Waals surface area contributed by atoms with Gasteiger partial charge in [0.05, 0.1) is 6.33 Å². The van der Waals surface area contributed by atoms with Crippen LogP contribution in [0.1, 0.15) is 6.92 Å². The van der Waals surface area contributed by atoms with Gasteiger partial charge in [-0.3, -0.25) is 0 Å². The lowest BCUT2D eigenvalue weighted by molar-refractivity contribution is 0.414. The van der Waals surface area contributed by atoms with Gasteiger partial charge in [0.1, 0.15) is 0 Å². The summed E-state index contributed by atoms with van der Waals surface area (Å²) in [5.41, 5.74) is 0. The van der Waals surface area contributed by atoms with Gasteiger partial charge in [0, 0.05) is 31.7 Å². The molecule has 0 bridgehead atoms. The highest BCUT2D eigenvalue weighted by molar-refractivity contribution is 9.09. The molecule has 15 heavy (non-hydrogen) atoms. The number of aryl methyl sites for hydroxylation is 1. The molecule has 1 rings (SSSR count). The Hall–Kier alpha value is -0.400. The number of hydrogen-bond donors (Lipinski definition) is 0. The van der Waals surface area contributed by atoms with Gasteiger partial charge in [0.25, 0.3) is 10.0 Å². The fraction of sp³-hybridized carbons (Fsp3) is 0.625. The number of alkyl halides is 1. The van der Waals surface area contributed by atoms with Crippen molar-refractivity contribution in [2.45, 2.75) is 18.0 Å². The first-order chi connectivity index (χ1) is 6.89. The van der Waals surface area contributed by atoms with Gasteiger partial charge in [-0.25, -0.2) is 13.4 Å². The number of nitrogens with zero attached hydrogens (tertiary/aromatic N) is 3. The van der Waals surface area contributed by atoms with Crippen molar-refractivity contribution >= 4 is 26.0 Å². The number of hydrogen-bond acceptors (Lipinski definition) is 3. The quantitative estimate of drug-likeness (QED) is 0.773. The zero-order chi connectivity index (χ0) is 11.6. The van der Waals surface area contributed by atoms with Crippen molar-refractivity contribution in [1.82, 2.24) is 13.9 Å². The number of halogens is 1. The molecule has 1 atom stereocenters. The van der Waals surface area contributed by atoms with Crippen molar-refractivity contribution in [3.8, 4) is 0 Å². The second-order valence-electron chi connectivity index (χ2n) is 3.40. The van der Waals surface area contributed by atoms with E-state index in [4.69, 9.17) is 0 Å². The molecule has 1 heterocycles. The zero-order valence-electron chi connectivity index (χ0n) is 8.88. The predicted octanol–water partition coefficient (Wildman–Crippen LogP) is 0.824. The highest BCUT2D eigenvalue weighted by atomic mass is 79.9. The van der Waals surface area contributed by atoms with Crippen LogP contribution in [0.3, 0.4) is 0 Å². The summed E-state index contributed by atoms with van der Waals surface area (Å²) in [6.07, 6.45) is 2.96. The predicted molar refractivity (Wildman–Crippen MR) is 61.4 cm³/mol. The maximum Gasteiger partial charge on any atom is 0.262 e. The van der Waals surface area contributed by atoms with E-state index < -0.39 is 10.0 Å². The van der Waals surface area contributed by atoms with E-state index in [1.54, 1.807) is 18.7 Å². The first-order valence-corrected chi connectivity index (χ1v) is 6.97. The molecule has 1 aromatic heterocycles. The van der Waals surface area contributed by atoms with Crippen LogP contribution in [0, 0.1) is 0 Å². The van der Waals surface area contributed by atoms with Gasteiger partial charge in [0.2, 0.25) is 0 Å². The van der Waals surface area contributed by atoms with Gasteiger partial charge in [-0.2, -0.15) is 4.31 Å². The van der Waals surface area contributed by atoms with Crippen LogP contribution in [0.15, 0.2) is 17.6 Å². The molecule has 0 N–H and O–H groups in total. The molecule has 0 aliphatic rings. The molecule has 0 aliphatic carbocycles. The van der Waals surface area contributed by atoms with Crippen LogP contribution in [-0.4, -0.2) is 40.7 Å². The molecule has 0 spiro atoms. The first kappa shape index (κ1) is 12.7. The molecular weight excluding hydrogens is 282 g/mol. The van der Waals surface area contributed by atoms with Crippen LogP contribution in [-0.2, 0) is 17.1 Å². The highest BCUT2D eigenvalue weighted by Crippen LogP contribution is 2.14. The fourth-order valence-electron chi connectivity index (χ4n) is 1.00. The normalized spacial score (nSPS) is 14.5. The van der Waals surface area contributed by atoms with Crippen molar-refractivity contribution in [3.63, 3.8) is 0 Å². The minimum absolute atomic E-state index is 0.0836. The van der Waals surface area contributed by atoms with Gasteiger partial charge >= 0.3 is 0 Å². The van der Waals surface area contributed by atoms with Crippen molar-refractivity contribution in [3.05, 3.63) is 12.5 Å². The van der Waals surface area contributed by atoms with Crippen LogP contribution in [0.2, 0.25) is 0 Å². The molecular formula is C8H14BrN3O2S. The van der Waals surface area contributed by atoms with Gasteiger partial charge in [-0.05, 0) is 6.92 Å². The molecule has 1 aromatic rings. The third-order valence-electron chi connectivity index (χ3n) is 2.17. The van der Waals surface area contributed by atoms with E-state index in [0.717, 1.165) is 0 Å². The Bertz CT molecular complexity index is 429. The highest BCUT2D eigenvalue weighted by Gasteiger charge is 2.26. The SMILES string of the molecule is CC(CBr)N(C)S(=O)(=O)c1cn(C)cn1. The van der Waals surface area contributed by atoms with E-state index in [1.807, 2.05) is 6.92 Å². The summed E-state index contributed by atoms with van der Waals surface area (Å²) in [6, 6.07) is -0.1000. The van der Waals surface area contributed by atoms with Crippen molar-refractivity contribution in [1.29, 1.82) is 0 Å². The summed E-state index contributed by atoms with van der Waals surface area (Å²) in [6.45, 7) is 1.83. The Morgan fingerprint density at radius 1 is 1.67 bits per heavy atom. The van der Waals surface area contributed by atoms with Crippen LogP contribution >= 0.6 is 15.9 Å². The number of sulfonamides is 1. The largest absolute Gasteiger partial charge is 0.339 e. The molecule has 0 amide bonds. The van der Waals surface area contributed by atoms with E-state index in [2.05, 4.69) is 20.9 Å². The maximum absolute atomic E-state index is 12.0. The van der Waals surface area contributed by atoms with E-state index in [-0.39, 0.29) is 11.1 Å². The Morgan fingerprint density at radius 3 is 2.67 bits per heavy atom. The van der Waals surface area contributed by atoms with Crippen molar-refractivity contribution in [2.24, 2.45) is 7.05 Å². The van der Waals surface area contributed by atoms with E-state index in [0.29, 0.717) is 5.33 Å². The smallest absolute Gasteiger partial charge is 0.262 e. The first-order valence-electron chi connectivity index (χ1n) is 4.41. The van der Waals surface area contributed by atoms with Crippen LogP contribution in [0.25, 0.3) is 0 Å². The van der Waals surface area contributed by atoms with Crippen LogP contribution < -0.4 is 0 Å². The molecule has 86 valence electrons. The molecule has 1 unspecified atom stereocenters. The average molecular weight is 296 g/mol. The zero-order valence-corrected chi connectivity index (χ0v) is 11.3. The van der Waals surface area contributed by atoms with Gasteiger partial charge in [-0.1, -0.05) is 15.9 Å². The molecule has 0 aromatic carbocycles. The minimum Gasteiger partial charge on any atom is -0.339 e. The lowest BCUT2D eigenvalue weighted by Gasteiger charge is -2.21. The van der Waals surface area contributed by atoms with E-state index in [1.165, 1.54) is 16.8 Å². The minimum atomic E-state index is -3.46. The lowest BCUT2D eigenvalue weighted by atomic mass is 10.4. The van der Waals surface area contributed by atoms with E-state index in [9.17, 15) is 8.42 Å². The number of aromatic nitrogens is 2. The van der Waals surface area contributed by atoms with Crippen molar-refractivity contribution in [2.75, 3.05) is 12.4 Å². The summed E-state index contributed by atoms with van der Waals surface area (Å²) in [4.78, 5) is 3.84. The summed E-state index contributed by atoms with van der Waals surface area (Å²) in [7, 11) is -0.171. The molecule has 0 fully saturated rings. The van der Waals surface area contributed by atoms with E-state index >= 15 is 0 Å². The van der Waals surface area contributed by atoms with Gasteiger partial charge < -0.3 is 4.57 Å². The average Bonchev–Trinajstić information content (AvgIpc) is 2.63. The van der Waals surface area contributed by atoms with Gasteiger partial charge in [-0.15, -0.1) is 0 Å². The third-order valence-corrected chi connectivity index (χ3v) is 4.96. The molecule has 7 heteroatoms. The maximum atomic E-state index is 12.0.